The summed E-state index contributed by atoms with van der Waals surface area (Å²) in [4.78, 5) is 21.7. The normalized spacial score (nSPS) is 10.5. The van der Waals surface area contributed by atoms with E-state index in [1.807, 2.05) is 0 Å². The summed E-state index contributed by atoms with van der Waals surface area (Å²) in [6.45, 7) is 0. The third-order valence-corrected chi connectivity index (χ3v) is 5.01. The number of anilines is 2. The lowest BCUT2D eigenvalue weighted by Crippen LogP contribution is -1.96. The highest BCUT2D eigenvalue weighted by molar-refractivity contribution is 5.77. The number of nitro groups is 2. The van der Waals surface area contributed by atoms with E-state index in [-0.39, 0.29) is 11.4 Å². The zero-order valence-corrected chi connectivity index (χ0v) is 17.2. The summed E-state index contributed by atoms with van der Waals surface area (Å²) in [5.74, 6) is 0.687. The molecule has 0 spiro atoms. The Kier molecular flexibility index (Phi) is 5.60. The van der Waals surface area contributed by atoms with E-state index in [0.717, 1.165) is 0 Å². The first-order chi connectivity index (χ1) is 15.8. The Bertz CT molecular complexity index is 1250. The van der Waals surface area contributed by atoms with E-state index in [4.69, 9.17) is 16.2 Å². The molecule has 4 rings (SSSR count). The van der Waals surface area contributed by atoms with E-state index in [9.17, 15) is 20.2 Å². The van der Waals surface area contributed by atoms with Gasteiger partial charge in [-0.2, -0.15) is 0 Å². The number of benzene rings is 4. The highest BCUT2D eigenvalue weighted by atomic mass is 16.6. The standard InChI is InChI=1S/C24H18N4O5/c25-17-5-1-15(2-6-17)21-13-19(27(29)30)9-11-23(21)33-24-12-10-20(28(31)32)14-22(24)16-3-7-18(26)8-4-16/h1-14H,25-26H2. The van der Waals surface area contributed by atoms with Crippen LogP contribution in [0.4, 0.5) is 22.7 Å². The van der Waals surface area contributed by atoms with E-state index >= 15 is 0 Å². The molecule has 4 aromatic carbocycles. The number of nitrogen functional groups attached to an aromatic ring is 2. The van der Waals surface area contributed by atoms with Gasteiger partial charge in [-0.15, -0.1) is 0 Å². The Morgan fingerprint density at radius 2 is 0.939 bits per heavy atom. The zero-order chi connectivity index (χ0) is 23.5. The lowest BCUT2D eigenvalue weighted by molar-refractivity contribution is -0.385. The molecular formula is C24H18N4O5. The predicted octanol–water partition coefficient (Wildman–Crippen LogP) is 5.79. The quantitative estimate of drug-likeness (QED) is 0.218. The van der Waals surface area contributed by atoms with Gasteiger partial charge in [0.15, 0.2) is 0 Å². The number of nitrogens with two attached hydrogens (primary N) is 2. The van der Waals surface area contributed by atoms with Gasteiger partial charge in [0.1, 0.15) is 11.5 Å². The summed E-state index contributed by atoms with van der Waals surface area (Å²) in [7, 11) is 0. The fraction of sp³-hybridized carbons (Fsp3) is 0. The van der Waals surface area contributed by atoms with Crippen molar-refractivity contribution in [2.24, 2.45) is 0 Å². The third-order valence-electron chi connectivity index (χ3n) is 5.01. The molecule has 0 heterocycles. The van der Waals surface area contributed by atoms with Gasteiger partial charge in [0, 0.05) is 46.8 Å². The lowest BCUT2D eigenvalue weighted by Gasteiger charge is -2.15. The van der Waals surface area contributed by atoms with Crippen molar-refractivity contribution in [1.29, 1.82) is 0 Å². The second kappa shape index (κ2) is 8.67. The van der Waals surface area contributed by atoms with Crippen LogP contribution in [0.1, 0.15) is 0 Å². The molecule has 0 saturated heterocycles. The van der Waals surface area contributed by atoms with E-state index in [1.165, 1.54) is 36.4 Å². The van der Waals surface area contributed by atoms with Crippen LogP contribution in [0.5, 0.6) is 11.5 Å². The molecule has 164 valence electrons. The summed E-state index contributed by atoms with van der Waals surface area (Å²) >= 11 is 0. The van der Waals surface area contributed by atoms with Crippen molar-refractivity contribution < 1.29 is 14.6 Å². The van der Waals surface area contributed by atoms with E-state index in [1.54, 1.807) is 48.5 Å². The minimum Gasteiger partial charge on any atom is -0.456 e. The summed E-state index contributed by atoms with van der Waals surface area (Å²) in [6.07, 6.45) is 0. The molecule has 0 bridgehead atoms. The molecule has 0 radical (unpaired) electrons. The van der Waals surface area contributed by atoms with Crippen LogP contribution in [0, 0.1) is 20.2 Å². The van der Waals surface area contributed by atoms with Gasteiger partial charge in [-0.3, -0.25) is 20.2 Å². The fourth-order valence-electron chi connectivity index (χ4n) is 3.34. The van der Waals surface area contributed by atoms with Gasteiger partial charge in [0.2, 0.25) is 0 Å². The van der Waals surface area contributed by atoms with Crippen molar-refractivity contribution in [2.45, 2.75) is 0 Å². The Hall–Kier alpha value is -4.92. The maximum atomic E-state index is 11.3. The summed E-state index contributed by atoms with van der Waals surface area (Å²) < 4.78 is 6.17. The minimum atomic E-state index is -0.490. The molecule has 0 saturated carbocycles. The first kappa shape index (κ1) is 21.3. The number of nitro benzene ring substituents is 2. The van der Waals surface area contributed by atoms with Crippen LogP contribution in [0.3, 0.4) is 0 Å². The number of hydrogen-bond donors (Lipinski definition) is 2. The van der Waals surface area contributed by atoms with Crippen molar-refractivity contribution in [3.05, 3.63) is 105 Å². The van der Waals surface area contributed by atoms with Gasteiger partial charge in [0.25, 0.3) is 11.4 Å². The Balaban J connectivity index is 1.85. The molecule has 0 aliphatic carbocycles. The molecule has 4 N–H and O–H groups in total. The van der Waals surface area contributed by atoms with Gasteiger partial charge >= 0.3 is 0 Å². The number of non-ortho nitro benzene ring substituents is 2. The van der Waals surface area contributed by atoms with Gasteiger partial charge in [0.05, 0.1) is 9.85 Å². The average molecular weight is 442 g/mol. The van der Waals surface area contributed by atoms with Crippen molar-refractivity contribution >= 4 is 22.7 Å². The predicted molar refractivity (Wildman–Crippen MR) is 126 cm³/mol. The number of ether oxygens (including phenoxy) is 1. The second-order valence-corrected chi connectivity index (χ2v) is 7.22. The molecule has 9 nitrogen and oxygen atoms in total. The Morgan fingerprint density at radius 3 is 1.27 bits per heavy atom. The van der Waals surface area contributed by atoms with Crippen molar-refractivity contribution in [3.63, 3.8) is 0 Å². The van der Waals surface area contributed by atoms with E-state index in [2.05, 4.69) is 0 Å². The van der Waals surface area contributed by atoms with Crippen LogP contribution in [0.25, 0.3) is 22.3 Å². The van der Waals surface area contributed by atoms with Crippen molar-refractivity contribution in [3.8, 4) is 33.8 Å². The monoisotopic (exact) mass is 442 g/mol. The molecule has 4 aromatic rings. The second-order valence-electron chi connectivity index (χ2n) is 7.22. The van der Waals surface area contributed by atoms with Crippen LogP contribution < -0.4 is 16.2 Å². The van der Waals surface area contributed by atoms with Gasteiger partial charge in [-0.25, -0.2) is 0 Å². The lowest BCUT2D eigenvalue weighted by atomic mass is 10.0. The number of rotatable bonds is 6. The molecule has 0 unspecified atom stereocenters. The van der Waals surface area contributed by atoms with Crippen LogP contribution in [0.15, 0.2) is 84.9 Å². The number of nitrogens with zero attached hydrogens (tertiary/aromatic N) is 2. The zero-order valence-electron chi connectivity index (χ0n) is 17.2. The van der Waals surface area contributed by atoms with Crippen molar-refractivity contribution in [2.75, 3.05) is 11.5 Å². The molecule has 0 fully saturated rings. The fourth-order valence-corrected chi connectivity index (χ4v) is 3.34. The van der Waals surface area contributed by atoms with Crippen LogP contribution in [-0.4, -0.2) is 9.85 Å². The van der Waals surface area contributed by atoms with Crippen molar-refractivity contribution in [1.82, 2.24) is 0 Å². The van der Waals surface area contributed by atoms with E-state index in [0.29, 0.717) is 45.1 Å². The maximum Gasteiger partial charge on any atom is 0.270 e. The molecule has 0 aromatic heterocycles. The van der Waals surface area contributed by atoms with Gasteiger partial charge in [-0.1, -0.05) is 24.3 Å². The topological polar surface area (TPSA) is 148 Å². The smallest absolute Gasteiger partial charge is 0.270 e. The third kappa shape index (κ3) is 4.57. The largest absolute Gasteiger partial charge is 0.456 e. The average Bonchev–Trinajstić information content (AvgIpc) is 2.80. The minimum absolute atomic E-state index is 0.100. The Labute approximate surface area is 188 Å². The van der Waals surface area contributed by atoms with Crippen LogP contribution in [0.2, 0.25) is 0 Å². The molecule has 0 aliphatic heterocycles. The van der Waals surface area contributed by atoms with Crippen LogP contribution in [-0.2, 0) is 0 Å². The van der Waals surface area contributed by atoms with Gasteiger partial charge in [-0.05, 0) is 47.5 Å². The maximum absolute atomic E-state index is 11.3. The summed E-state index contributed by atoms with van der Waals surface area (Å²) in [5.41, 5.74) is 14.7. The Morgan fingerprint density at radius 1 is 0.576 bits per heavy atom. The van der Waals surface area contributed by atoms with Crippen LogP contribution >= 0.6 is 0 Å². The first-order valence-corrected chi connectivity index (χ1v) is 9.78. The highest BCUT2D eigenvalue weighted by Crippen LogP contribution is 2.41. The van der Waals surface area contributed by atoms with Gasteiger partial charge < -0.3 is 16.2 Å². The summed E-state index contributed by atoms with van der Waals surface area (Å²) in [5, 5.41) is 22.7. The van der Waals surface area contributed by atoms with E-state index < -0.39 is 9.85 Å². The SMILES string of the molecule is Nc1ccc(-c2cc([N+](=O)[O-])ccc2Oc2ccc([N+](=O)[O-])cc2-c2ccc(N)cc2)cc1. The molecule has 0 amide bonds. The molecule has 0 aliphatic rings. The molecule has 33 heavy (non-hydrogen) atoms. The molecular weight excluding hydrogens is 424 g/mol. The summed E-state index contributed by atoms with van der Waals surface area (Å²) in [6, 6.07) is 22.2. The first-order valence-electron chi connectivity index (χ1n) is 9.78. The number of hydrogen-bond acceptors (Lipinski definition) is 7. The molecule has 9 heteroatoms. The highest BCUT2D eigenvalue weighted by Gasteiger charge is 2.18. The molecule has 0 atom stereocenters.